The number of halogens is 1. The topological polar surface area (TPSA) is 49.3 Å². The molecule has 0 aliphatic heterocycles. The second-order valence-electron chi connectivity index (χ2n) is 7.62. The van der Waals surface area contributed by atoms with Crippen LogP contribution in [0.25, 0.3) is 0 Å². The number of rotatable bonds is 5. The van der Waals surface area contributed by atoms with Crippen molar-refractivity contribution in [3.8, 4) is 0 Å². The molecule has 0 amide bonds. The van der Waals surface area contributed by atoms with E-state index >= 15 is 0 Å². The lowest BCUT2D eigenvalue weighted by Gasteiger charge is -2.40. The molecule has 2 aliphatic rings. The summed E-state index contributed by atoms with van der Waals surface area (Å²) < 4.78 is 13.3. The Bertz CT molecular complexity index is 543. The summed E-state index contributed by atoms with van der Waals surface area (Å²) >= 11 is 0. The summed E-state index contributed by atoms with van der Waals surface area (Å²) in [5.74, 6) is -0.989. The highest BCUT2D eigenvalue weighted by Crippen LogP contribution is 2.39. The standard InChI is InChI=1S/C20H28FNO2/c21-17-8-6-16(7-9-17)20(12-2-1-3-13-20)14-22-18-10-4-15(5-11-18)19(23)24/h6-9,15,18,22H,1-5,10-14H2,(H,23,24). The maximum atomic E-state index is 13.3. The summed E-state index contributed by atoms with van der Waals surface area (Å²) in [5.41, 5.74) is 1.35. The van der Waals surface area contributed by atoms with Crippen LogP contribution in [0.4, 0.5) is 4.39 Å². The average molecular weight is 333 g/mol. The maximum Gasteiger partial charge on any atom is 0.306 e. The van der Waals surface area contributed by atoms with Gasteiger partial charge in [0.05, 0.1) is 5.92 Å². The van der Waals surface area contributed by atoms with Crippen LogP contribution >= 0.6 is 0 Å². The maximum absolute atomic E-state index is 13.3. The van der Waals surface area contributed by atoms with E-state index in [0.29, 0.717) is 6.04 Å². The predicted octanol–water partition coefficient (Wildman–Crippen LogP) is 4.26. The molecule has 0 spiro atoms. The number of nitrogens with one attached hydrogen (secondary N) is 1. The number of hydrogen-bond acceptors (Lipinski definition) is 2. The molecule has 0 radical (unpaired) electrons. The smallest absolute Gasteiger partial charge is 0.306 e. The molecule has 1 aromatic carbocycles. The van der Waals surface area contributed by atoms with Gasteiger partial charge in [0.15, 0.2) is 0 Å². The van der Waals surface area contributed by atoms with Crippen LogP contribution in [-0.4, -0.2) is 23.7 Å². The molecular weight excluding hydrogens is 305 g/mol. The van der Waals surface area contributed by atoms with E-state index in [4.69, 9.17) is 5.11 Å². The van der Waals surface area contributed by atoms with Crippen LogP contribution in [0.2, 0.25) is 0 Å². The van der Waals surface area contributed by atoms with Gasteiger partial charge in [0.1, 0.15) is 5.82 Å². The summed E-state index contributed by atoms with van der Waals surface area (Å²) in [6.07, 6.45) is 9.47. The van der Waals surface area contributed by atoms with Crippen LogP contribution in [-0.2, 0) is 10.2 Å². The Balaban J connectivity index is 1.63. The van der Waals surface area contributed by atoms with E-state index < -0.39 is 5.97 Å². The van der Waals surface area contributed by atoms with Gasteiger partial charge in [-0.25, -0.2) is 4.39 Å². The molecule has 2 fully saturated rings. The molecule has 0 heterocycles. The van der Waals surface area contributed by atoms with Crippen molar-refractivity contribution in [3.63, 3.8) is 0 Å². The zero-order valence-corrected chi connectivity index (χ0v) is 14.3. The number of carbonyl (C=O) groups is 1. The Morgan fingerprint density at radius 3 is 2.29 bits per heavy atom. The summed E-state index contributed by atoms with van der Waals surface area (Å²) in [4.78, 5) is 11.1. The Morgan fingerprint density at radius 1 is 1.08 bits per heavy atom. The lowest BCUT2D eigenvalue weighted by Crippen LogP contribution is -2.45. The van der Waals surface area contributed by atoms with Gasteiger partial charge in [0, 0.05) is 18.0 Å². The molecule has 4 heteroatoms. The highest BCUT2D eigenvalue weighted by atomic mass is 19.1. The van der Waals surface area contributed by atoms with E-state index in [0.717, 1.165) is 45.1 Å². The van der Waals surface area contributed by atoms with Crippen molar-refractivity contribution in [2.45, 2.75) is 69.2 Å². The molecule has 3 nitrogen and oxygen atoms in total. The Labute approximate surface area is 143 Å². The zero-order chi connectivity index (χ0) is 17.0. The molecule has 24 heavy (non-hydrogen) atoms. The zero-order valence-electron chi connectivity index (χ0n) is 14.3. The minimum absolute atomic E-state index is 0.107. The predicted molar refractivity (Wildman–Crippen MR) is 92.5 cm³/mol. The summed E-state index contributed by atoms with van der Waals surface area (Å²) in [5, 5.41) is 12.8. The number of carboxylic acids is 1. The lowest BCUT2D eigenvalue weighted by atomic mass is 9.69. The molecule has 2 N–H and O–H groups in total. The van der Waals surface area contributed by atoms with Crippen molar-refractivity contribution in [1.29, 1.82) is 0 Å². The van der Waals surface area contributed by atoms with Gasteiger partial charge in [-0.3, -0.25) is 4.79 Å². The van der Waals surface area contributed by atoms with Gasteiger partial charge in [-0.2, -0.15) is 0 Å². The SMILES string of the molecule is O=C(O)C1CCC(NCC2(c3ccc(F)cc3)CCCCC2)CC1. The quantitative estimate of drug-likeness (QED) is 0.846. The van der Waals surface area contributed by atoms with Gasteiger partial charge >= 0.3 is 5.97 Å². The lowest BCUT2D eigenvalue weighted by molar-refractivity contribution is -0.142. The van der Waals surface area contributed by atoms with Crippen LogP contribution in [0, 0.1) is 11.7 Å². The molecule has 3 rings (SSSR count). The van der Waals surface area contributed by atoms with Crippen LogP contribution in [0.15, 0.2) is 24.3 Å². The van der Waals surface area contributed by atoms with E-state index in [-0.39, 0.29) is 17.2 Å². The third-order valence-corrected chi connectivity index (χ3v) is 6.07. The Hall–Kier alpha value is -1.42. The van der Waals surface area contributed by atoms with E-state index in [1.807, 2.05) is 12.1 Å². The summed E-state index contributed by atoms with van der Waals surface area (Å²) in [6, 6.07) is 7.46. The average Bonchev–Trinajstić information content (AvgIpc) is 2.62. The van der Waals surface area contributed by atoms with Crippen molar-refractivity contribution in [2.75, 3.05) is 6.54 Å². The highest BCUT2D eigenvalue weighted by molar-refractivity contribution is 5.70. The number of benzene rings is 1. The third kappa shape index (κ3) is 3.97. The second kappa shape index (κ2) is 7.64. The van der Waals surface area contributed by atoms with E-state index in [2.05, 4.69) is 5.32 Å². The first-order valence-corrected chi connectivity index (χ1v) is 9.31. The minimum Gasteiger partial charge on any atom is -0.481 e. The fraction of sp³-hybridized carbons (Fsp3) is 0.650. The van der Waals surface area contributed by atoms with Crippen LogP contribution in [0.3, 0.4) is 0 Å². The van der Waals surface area contributed by atoms with E-state index in [1.54, 1.807) is 12.1 Å². The van der Waals surface area contributed by atoms with Crippen molar-refractivity contribution in [1.82, 2.24) is 5.32 Å². The van der Waals surface area contributed by atoms with Crippen molar-refractivity contribution < 1.29 is 14.3 Å². The van der Waals surface area contributed by atoms with E-state index in [9.17, 15) is 9.18 Å². The first-order chi connectivity index (χ1) is 11.6. The van der Waals surface area contributed by atoms with Gasteiger partial charge in [0.25, 0.3) is 0 Å². The first-order valence-electron chi connectivity index (χ1n) is 9.31. The summed E-state index contributed by atoms with van der Waals surface area (Å²) in [6.45, 7) is 0.918. The van der Waals surface area contributed by atoms with Crippen LogP contribution in [0.1, 0.15) is 63.4 Å². The molecule has 0 atom stereocenters. The monoisotopic (exact) mass is 333 g/mol. The molecule has 2 aliphatic carbocycles. The number of aliphatic carboxylic acids is 1. The molecule has 2 saturated carbocycles. The molecule has 0 bridgehead atoms. The fourth-order valence-corrected chi connectivity index (χ4v) is 4.48. The molecule has 1 aromatic rings. The minimum atomic E-state index is -0.650. The molecule has 0 saturated heterocycles. The normalized spacial score (nSPS) is 26.9. The molecule has 0 unspecified atom stereocenters. The third-order valence-electron chi connectivity index (χ3n) is 6.07. The number of carboxylic acid groups (broad SMARTS) is 1. The van der Waals surface area contributed by atoms with Gasteiger partial charge in [-0.05, 0) is 56.2 Å². The Morgan fingerprint density at radius 2 is 1.71 bits per heavy atom. The molecule has 132 valence electrons. The van der Waals surface area contributed by atoms with E-state index in [1.165, 1.54) is 24.8 Å². The van der Waals surface area contributed by atoms with Gasteiger partial charge in [-0.15, -0.1) is 0 Å². The van der Waals surface area contributed by atoms with Crippen molar-refractivity contribution >= 4 is 5.97 Å². The Kier molecular flexibility index (Phi) is 5.54. The first kappa shape index (κ1) is 17.4. The fourth-order valence-electron chi connectivity index (χ4n) is 4.48. The molecular formula is C20H28FNO2. The van der Waals surface area contributed by atoms with Crippen molar-refractivity contribution in [2.24, 2.45) is 5.92 Å². The van der Waals surface area contributed by atoms with Gasteiger partial charge in [0.2, 0.25) is 0 Å². The van der Waals surface area contributed by atoms with Gasteiger partial charge in [-0.1, -0.05) is 31.4 Å². The van der Waals surface area contributed by atoms with Crippen LogP contribution < -0.4 is 5.32 Å². The van der Waals surface area contributed by atoms with Gasteiger partial charge < -0.3 is 10.4 Å². The molecule has 0 aromatic heterocycles. The second-order valence-corrected chi connectivity index (χ2v) is 7.62. The number of hydrogen-bond donors (Lipinski definition) is 2. The van der Waals surface area contributed by atoms with Crippen molar-refractivity contribution in [3.05, 3.63) is 35.6 Å². The highest BCUT2D eigenvalue weighted by Gasteiger charge is 2.35. The van der Waals surface area contributed by atoms with Crippen LogP contribution in [0.5, 0.6) is 0 Å². The summed E-state index contributed by atoms with van der Waals surface area (Å²) in [7, 11) is 0. The largest absolute Gasteiger partial charge is 0.481 e.